The number of benzene rings is 1. The maximum absolute atomic E-state index is 13.6. The highest BCUT2D eigenvalue weighted by Gasteiger charge is 2.45. The van der Waals surface area contributed by atoms with E-state index in [0.29, 0.717) is 34.8 Å². The van der Waals surface area contributed by atoms with Crippen LogP contribution in [0.1, 0.15) is 35.3 Å². The lowest BCUT2D eigenvalue weighted by molar-refractivity contribution is -0.129. The number of aliphatic hydroxyl groups excluding tert-OH is 1. The van der Waals surface area contributed by atoms with Gasteiger partial charge in [-0.2, -0.15) is 0 Å². The third kappa shape index (κ3) is 4.26. The molecule has 1 N–H and O–H groups in total. The molecule has 3 aromatic rings. The number of halogens is 1. The van der Waals surface area contributed by atoms with E-state index in [1.54, 1.807) is 23.1 Å². The molecule has 1 atom stereocenters. The smallest absolute Gasteiger partial charge is 0.290 e. The molecule has 0 fully saturated rings. The van der Waals surface area contributed by atoms with Crippen LogP contribution in [0.4, 0.5) is 0 Å². The molecule has 2 aromatic heterocycles. The molecule has 0 radical (unpaired) electrons. The van der Waals surface area contributed by atoms with E-state index in [9.17, 15) is 14.7 Å². The average Bonchev–Trinajstić information content (AvgIpc) is 3.53. The predicted octanol–water partition coefficient (Wildman–Crippen LogP) is 5.08. The third-order valence-electron chi connectivity index (χ3n) is 5.90. The molecule has 1 aliphatic rings. The zero-order chi connectivity index (χ0) is 23.7. The Labute approximate surface area is 200 Å². The van der Waals surface area contributed by atoms with Gasteiger partial charge in [0, 0.05) is 34.4 Å². The van der Waals surface area contributed by atoms with Crippen molar-refractivity contribution in [3.05, 3.63) is 62.7 Å². The molecule has 0 aliphatic carbocycles. The first-order valence-electron chi connectivity index (χ1n) is 10.7. The van der Waals surface area contributed by atoms with Crippen LogP contribution in [-0.2, 0) is 4.79 Å². The number of amides is 1. The van der Waals surface area contributed by atoms with E-state index in [-0.39, 0.29) is 11.3 Å². The zero-order valence-corrected chi connectivity index (χ0v) is 20.2. The number of hydrogen-bond donors (Lipinski definition) is 1. The van der Waals surface area contributed by atoms with Gasteiger partial charge in [-0.3, -0.25) is 9.59 Å². The standard InChI is InChI=1S/C24H25ClN2O5S/c1-4-26(5-2)8-9-27-20(18-7-6-10-33-18)19(22(29)24(27)30)21(28)16-12-14-11-15(25)13-17(31-3)23(14)32-16/h6-7,10-13,20,29H,4-5,8-9H2,1-3H3. The highest BCUT2D eigenvalue weighted by atomic mass is 35.5. The molecule has 174 valence electrons. The number of fused-ring (bicyclic) bond motifs is 1. The number of rotatable bonds is 9. The van der Waals surface area contributed by atoms with E-state index < -0.39 is 23.5 Å². The largest absolute Gasteiger partial charge is 0.503 e. The van der Waals surface area contributed by atoms with Gasteiger partial charge in [-0.05, 0) is 36.7 Å². The average molecular weight is 489 g/mol. The van der Waals surface area contributed by atoms with Crippen molar-refractivity contribution in [2.75, 3.05) is 33.3 Å². The van der Waals surface area contributed by atoms with Gasteiger partial charge in [0.1, 0.15) is 0 Å². The number of hydrogen-bond acceptors (Lipinski definition) is 7. The van der Waals surface area contributed by atoms with E-state index >= 15 is 0 Å². The highest BCUT2D eigenvalue weighted by Crippen LogP contribution is 2.42. The molecule has 9 heteroatoms. The fraction of sp³-hybridized carbons (Fsp3) is 0.333. The molecule has 7 nitrogen and oxygen atoms in total. The van der Waals surface area contributed by atoms with Gasteiger partial charge in [-0.25, -0.2) is 0 Å². The number of ketones is 1. The van der Waals surface area contributed by atoms with Crippen LogP contribution in [0.25, 0.3) is 11.0 Å². The maximum Gasteiger partial charge on any atom is 0.290 e. The number of carbonyl (C=O) groups excluding carboxylic acids is 2. The van der Waals surface area contributed by atoms with Gasteiger partial charge in [0.05, 0.1) is 18.7 Å². The van der Waals surface area contributed by atoms with E-state index in [1.807, 2.05) is 17.5 Å². The second-order valence-corrected chi connectivity index (χ2v) is 9.09. The molecule has 0 bridgehead atoms. The van der Waals surface area contributed by atoms with Crippen LogP contribution in [0.15, 0.2) is 51.5 Å². The number of Topliss-reactive ketones (excluding diaryl/α,β-unsaturated/α-hetero) is 1. The summed E-state index contributed by atoms with van der Waals surface area (Å²) in [5.74, 6) is -1.23. The van der Waals surface area contributed by atoms with Crippen LogP contribution in [0.2, 0.25) is 5.02 Å². The molecule has 0 saturated carbocycles. The Morgan fingerprint density at radius 2 is 2.06 bits per heavy atom. The Balaban J connectivity index is 1.74. The summed E-state index contributed by atoms with van der Waals surface area (Å²) in [5.41, 5.74) is 0.395. The van der Waals surface area contributed by atoms with Crippen molar-refractivity contribution < 1.29 is 23.8 Å². The maximum atomic E-state index is 13.6. The van der Waals surface area contributed by atoms with Gasteiger partial charge < -0.3 is 24.1 Å². The quantitative estimate of drug-likeness (QED) is 0.423. The van der Waals surface area contributed by atoms with Gasteiger partial charge in [0.15, 0.2) is 22.9 Å². The molecule has 1 aliphatic heterocycles. The number of methoxy groups -OCH3 is 1. The number of ether oxygens (including phenoxy) is 1. The molecule has 0 spiro atoms. The highest BCUT2D eigenvalue weighted by molar-refractivity contribution is 7.10. The topological polar surface area (TPSA) is 83.2 Å². The molecule has 1 aromatic carbocycles. The number of nitrogens with zero attached hydrogens (tertiary/aromatic N) is 2. The van der Waals surface area contributed by atoms with Crippen LogP contribution in [0.5, 0.6) is 5.75 Å². The minimum Gasteiger partial charge on any atom is -0.503 e. The number of furan rings is 1. The van der Waals surface area contributed by atoms with Gasteiger partial charge in [0.25, 0.3) is 5.91 Å². The normalized spacial score (nSPS) is 16.5. The van der Waals surface area contributed by atoms with Crippen molar-refractivity contribution in [3.63, 3.8) is 0 Å². The summed E-state index contributed by atoms with van der Waals surface area (Å²) in [4.78, 5) is 31.2. The van der Waals surface area contributed by atoms with E-state index in [4.69, 9.17) is 20.8 Å². The Bertz CT molecular complexity index is 1210. The monoisotopic (exact) mass is 488 g/mol. The molecular weight excluding hydrogens is 464 g/mol. The van der Waals surface area contributed by atoms with Gasteiger partial charge in [-0.1, -0.05) is 31.5 Å². The van der Waals surface area contributed by atoms with Crippen LogP contribution >= 0.6 is 22.9 Å². The van der Waals surface area contributed by atoms with Gasteiger partial charge in [0.2, 0.25) is 5.78 Å². The summed E-state index contributed by atoms with van der Waals surface area (Å²) in [6.45, 7) is 6.81. The first kappa shape index (κ1) is 23.4. The minimum atomic E-state index is -0.681. The lowest BCUT2D eigenvalue weighted by Gasteiger charge is -2.28. The van der Waals surface area contributed by atoms with Gasteiger partial charge >= 0.3 is 0 Å². The van der Waals surface area contributed by atoms with Crippen molar-refractivity contribution in [2.45, 2.75) is 19.9 Å². The van der Waals surface area contributed by atoms with Crippen molar-refractivity contribution in [1.82, 2.24) is 9.80 Å². The Kier molecular flexibility index (Phi) is 6.78. The number of carbonyl (C=O) groups is 2. The molecular formula is C24H25ClN2O5S. The minimum absolute atomic E-state index is 0.00654. The molecule has 0 saturated heterocycles. The molecule has 3 heterocycles. The summed E-state index contributed by atoms with van der Waals surface area (Å²) in [6, 6.07) is 7.86. The summed E-state index contributed by atoms with van der Waals surface area (Å²) >= 11 is 7.58. The first-order chi connectivity index (χ1) is 15.9. The SMILES string of the molecule is CCN(CC)CCN1C(=O)C(O)=C(C(=O)c2cc3cc(Cl)cc(OC)c3o2)C1c1cccs1. The summed E-state index contributed by atoms with van der Waals surface area (Å²) in [5, 5.41) is 13.7. The van der Waals surface area contributed by atoms with Crippen LogP contribution < -0.4 is 4.74 Å². The lowest BCUT2D eigenvalue weighted by atomic mass is 10.00. The Hall–Kier alpha value is -2.81. The van der Waals surface area contributed by atoms with Crippen molar-refractivity contribution in [3.8, 4) is 5.75 Å². The van der Waals surface area contributed by atoms with Crippen molar-refractivity contribution in [1.29, 1.82) is 0 Å². The molecule has 33 heavy (non-hydrogen) atoms. The number of thiophene rings is 1. The van der Waals surface area contributed by atoms with Gasteiger partial charge in [-0.15, -0.1) is 11.3 Å². The second-order valence-electron chi connectivity index (χ2n) is 7.67. The lowest BCUT2D eigenvalue weighted by Crippen LogP contribution is -2.38. The number of aliphatic hydroxyl groups is 1. The van der Waals surface area contributed by atoms with E-state index in [2.05, 4.69) is 18.7 Å². The van der Waals surface area contributed by atoms with Crippen LogP contribution in [0.3, 0.4) is 0 Å². The van der Waals surface area contributed by atoms with E-state index in [0.717, 1.165) is 18.0 Å². The molecule has 4 rings (SSSR count). The molecule has 1 unspecified atom stereocenters. The van der Waals surface area contributed by atoms with Crippen LogP contribution in [-0.4, -0.2) is 59.9 Å². The zero-order valence-electron chi connectivity index (χ0n) is 18.6. The predicted molar refractivity (Wildman–Crippen MR) is 128 cm³/mol. The first-order valence-corrected chi connectivity index (χ1v) is 12.0. The van der Waals surface area contributed by atoms with E-state index in [1.165, 1.54) is 18.4 Å². The van der Waals surface area contributed by atoms with Crippen molar-refractivity contribution in [2.24, 2.45) is 0 Å². The number of likely N-dealkylation sites (N-methyl/N-ethyl adjacent to an activating group) is 1. The summed E-state index contributed by atoms with van der Waals surface area (Å²) in [6.07, 6.45) is 0. The van der Waals surface area contributed by atoms with Crippen molar-refractivity contribution >= 4 is 45.6 Å². The second kappa shape index (κ2) is 9.59. The Morgan fingerprint density at radius 1 is 1.30 bits per heavy atom. The van der Waals surface area contributed by atoms with Crippen LogP contribution in [0, 0.1) is 0 Å². The summed E-state index contributed by atoms with van der Waals surface area (Å²) in [7, 11) is 1.49. The fourth-order valence-electron chi connectivity index (χ4n) is 4.13. The Morgan fingerprint density at radius 3 is 2.70 bits per heavy atom. The third-order valence-corrected chi connectivity index (χ3v) is 7.05. The molecule has 1 amide bonds. The fourth-order valence-corrected chi connectivity index (χ4v) is 5.19. The summed E-state index contributed by atoms with van der Waals surface area (Å²) < 4.78 is 11.1.